The summed E-state index contributed by atoms with van der Waals surface area (Å²) in [5.74, 6) is 0.800. The molecular weight excluding hydrogens is 428 g/mol. The van der Waals surface area contributed by atoms with E-state index in [0.29, 0.717) is 6.42 Å². The molecule has 0 aromatic heterocycles. The Hall–Kier alpha value is -1.02. The van der Waals surface area contributed by atoms with Gasteiger partial charge in [-0.15, -0.1) is 0 Å². The molecule has 0 saturated heterocycles. The van der Waals surface area contributed by atoms with Gasteiger partial charge in [-0.1, -0.05) is 108 Å². The zero-order chi connectivity index (χ0) is 25.7. The van der Waals surface area contributed by atoms with Crippen molar-refractivity contribution in [2.24, 2.45) is 10.8 Å². The van der Waals surface area contributed by atoms with Crippen LogP contribution in [0, 0.1) is 10.8 Å². The number of ether oxygens (including phenoxy) is 1. The largest absolute Gasteiger partial charge is 0.481 e. The topological polar surface area (TPSA) is 26.3 Å². The number of rotatable bonds is 12. The molecule has 0 fully saturated rings. The molecule has 0 bridgehead atoms. The minimum absolute atomic E-state index is 0.0329. The van der Waals surface area contributed by atoms with Crippen LogP contribution in [-0.4, -0.2) is 11.3 Å². The van der Waals surface area contributed by atoms with Crippen molar-refractivity contribution in [3.05, 3.63) is 29.3 Å². The van der Waals surface area contributed by atoms with Crippen molar-refractivity contribution in [3.8, 4) is 5.75 Å². The number of halogens is 1. The molecule has 1 aromatic rings. The predicted octanol–water partition coefficient (Wildman–Crippen LogP) is 9.60. The lowest BCUT2D eigenvalue weighted by atomic mass is 9.68. The van der Waals surface area contributed by atoms with E-state index in [2.05, 4.69) is 94.4 Å². The molecule has 1 aromatic carbocycles. The van der Waals surface area contributed by atoms with Crippen molar-refractivity contribution in [2.75, 3.05) is 0 Å². The Labute approximate surface area is 210 Å². The highest BCUT2D eigenvalue weighted by Crippen LogP contribution is 2.44. The lowest BCUT2D eigenvalue weighted by molar-refractivity contribution is -0.118. The Balaban J connectivity index is 3.42. The number of hydrogen-bond acceptors (Lipinski definition) is 2. The molecule has 0 N–H and O–H groups in total. The summed E-state index contributed by atoms with van der Waals surface area (Å²) in [6.07, 6.45) is 6.55. The summed E-state index contributed by atoms with van der Waals surface area (Å²) in [5.41, 5.74) is 2.81. The summed E-state index contributed by atoms with van der Waals surface area (Å²) >= 11 is 5.99. The average molecular weight is 479 g/mol. The number of carbonyl (C=O) groups is 1. The van der Waals surface area contributed by atoms with E-state index in [9.17, 15) is 4.79 Å². The van der Waals surface area contributed by atoms with E-state index in [1.54, 1.807) is 0 Å². The van der Waals surface area contributed by atoms with Gasteiger partial charge in [-0.3, -0.25) is 4.79 Å². The van der Waals surface area contributed by atoms with Crippen LogP contribution in [0.25, 0.3) is 0 Å². The van der Waals surface area contributed by atoms with E-state index in [4.69, 9.17) is 16.3 Å². The van der Waals surface area contributed by atoms with E-state index >= 15 is 0 Å². The molecule has 2 nitrogen and oxygen atoms in total. The third-order valence-electron chi connectivity index (χ3n) is 6.28. The number of hydrogen-bond donors (Lipinski definition) is 0. The van der Waals surface area contributed by atoms with E-state index in [1.165, 1.54) is 17.5 Å². The highest BCUT2D eigenvalue weighted by Gasteiger charge is 2.34. The van der Waals surface area contributed by atoms with E-state index in [1.807, 2.05) is 0 Å². The third kappa shape index (κ3) is 10.4. The zero-order valence-corrected chi connectivity index (χ0v) is 24.2. The van der Waals surface area contributed by atoms with E-state index in [-0.39, 0.29) is 21.7 Å². The predicted molar refractivity (Wildman–Crippen MR) is 145 cm³/mol. The first-order chi connectivity index (χ1) is 14.9. The van der Waals surface area contributed by atoms with Crippen molar-refractivity contribution in [1.29, 1.82) is 0 Å². The Morgan fingerprint density at radius 2 is 1.39 bits per heavy atom. The van der Waals surface area contributed by atoms with Gasteiger partial charge in [0.1, 0.15) is 5.75 Å². The number of benzene rings is 1. The van der Waals surface area contributed by atoms with Crippen LogP contribution in [0.4, 0.5) is 0 Å². The van der Waals surface area contributed by atoms with Crippen LogP contribution in [0.2, 0.25) is 0 Å². The first-order valence-corrected chi connectivity index (χ1v) is 13.3. The smallest absolute Gasteiger partial charge is 0.262 e. The normalized spacial score (nSPS) is 14.3. The van der Waals surface area contributed by atoms with Gasteiger partial charge in [-0.25, -0.2) is 0 Å². The minimum Gasteiger partial charge on any atom is -0.481 e. The second-order valence-corrected chi connectivity index (χ2v) is 14.1. The Bertz CT molecular complexity index is 762. The summed E-state index contributed by atoms with van der Waals surface area (Å²) < 4.78 is 6.38. The standard InChI is InChI=1S/C30H51ClO2/c1-12-13-14-15-16-25(26(31)32)33-24-18-17-22(29(8,9)20-27(2,3)4)19-23(24)30(10,11)21-28(5,6)7/h17-19,25H,12-16,20-21H2,1-11H3. The molecule has 0 radical (unpaired) electrons. The van der Waals surface area contributed by atoms with Crippen molar-refractivity contribution in [1.82, 2.24) is 0 Å². The summed E-state index contributed by atoms with van der Waals surface area (Å²) in [5, 5.41) is -0.400. The molecule has 0 aliphatic carbocycles. The maximum absolute atomic E-state index is 12.2. The van der Waals surface area contributed by atoms with Crippen LogP contribution < -0.4 is 4.74 Å². The van der Waals surface area contributed by atoms with E-state index < -0.39 is 11.3 Å². The van der Waals surface area contributed by atoms with Crippen LogP contribution in [0.15, 0.2) is 18.2 Å². The second kappa shape index (κ2) is 11.6. The molecule has 0 aliphatic heterocycles. The zero-order valence-electron chi connectivity index (χ0n) is 23.5. The molecule has 0 spiro atoms. The fourth-order valence-electron chi connectivity index (χ4n) is 5.56. The van der Waals surface area contributed by atoms with Crippen LogP contribution in [0.1, 0.15) is 132 Å². The van der Waals surface area contributed by atoms with Gasteiger partial charge in [0, 0.05) is 5.56 Å². The fraction of sp³-hybridized carbons (Fsp3) is 0.767. The lowest BCUT2D eigenvalue weighted by Crippen LogP contribution is -2.30. The molecule has 0 amide bonds. The SMILES string of the molecule is CCCCCCC(Oc1ccc(C(C)(C)CC(C)(C)C)cc1C(C)(C)CC(C)(C)C)C(=O)Cl. The maximum atomic E-state index is 12.2. The molecule has 33 heavy (non-hydrogen) atoms. The van der Waals surface area contributed by atoms with Crippen molar-refractivity contribution < 1.29 is 9.53 Å². The number of carbonyl (C=O) groups excluding carboxylic acids is 1. The first kappa shape index (κ1) is 30.0. The molecule has 0 heterocycles. The minimum atomic E-state index is -0.596. The molecule has 3 heteroatoms. The summed E-state index contributed by atoms with van der Waals surface area (Å²) in [6, 6.07) is 6.60. The molecule has 0 aliphatic rings. The summed E-state index contributed by atoms with van der Waals surface area (Å²) in [6.45, 7) is 25.2. The van der Waals surface area contributed by atoms with Gasteiger partial charge in [-0.2, -0.15) is 0 Å². The molecule has 1 atom stereocenters. The van der Waals surface area contributed by atoms with E-state index in [0.717, 1.165) is 37.9 Å². The van der Waals surface area contributed by atoms with Gasteiger partial charge in [0.15, 0.2) is 6.10 Å². The fourth-order valence-corrected chi connectivity index (χ4v) is 5.71. The quantitative estimate of drug-likeness (QED) is 0.220. The van der Waals surface area contributed by atoms with Gasteiger partial charge in [0.25, 0.3) is 5.24 Å². The third-order valence-corrected chi connectivity index (χ3v) is 6.52. The monoisotopic (exact) mass is 478 g/mol. The van der Waals surface area contributed by atoms with Gasteiger partial charge >= 0.3 is 0 Å². The van der Waals surface area contributed by atoms with Crippen LogP contribution >= 0.6 is 11.6 Å². The Morgan fingerprint density at radius 3 is 1.88 bits per heavy atom. The second-order valence-electron chi connectivity index (χ2n) is 13.7. The van der Waals surface area contributed by atoms with Crippen molar-refractivity contribution >= 4 is 16.8 Å². The highest BCUT2D eigenvalue weighted by atomic mass is 35.5. The molecule has 1 rings (SSSR count). The van der Waals surface area contributed by atoms with Gasteiger partial charge in [-0.05, 0) is 70.6 Å². The molecule has 0 saturated carbocycles. The Kier molecular flexibility index (Phi) is 10.6. The van der Waals surface area contributed by atoms with Crippen LogP contribution in [-0.2, 0) is 15.6 Å². The maximum Gasteiger partial charge on any atom is 0.262 e. The van der Waals surface area contributed by atoms with Crippen molar-refractivity contribution in [2.45, 2.75) is 138 Å². The molecule has 1 unspecified atom stereocenters. The number of unbranched alkanes of at least 4 members (excludes halogenated alkanes) is 3. The molecular formula is C30H51ClO2. The average Bonchev–Trinajstić information content (AvgIpc) is 2.60. The first-order valence-electron chi connectivity index (χ1n) is 12.9. The van der Waals surface area contributed by atoms with Crippen LogP contribution in [0.3, 0.4) is 0 Å². The lowest BCUT2D eigenvalue weighted by Gasteiger charge is -2.37. The van der Waals surface area contributed by atoms with Crippen molar-refractivity contribution in [3.63, 3.8) is 0 Å². The highest BCUT2D eigenvalue weighted by molar-refractivity contribution is 6.64. The van der Waals surface area contributed by atoms with Gasteiger partial charge in [0.2, 0.25) is 0 Å². The van der Waals surface area contributed by atoms with Crippen LogP contribution in [0.5, 0.6) is 5.75 Å². The summed E-state index contributed by atoms with van der Waals surface area (Å²) in [7, 11) is 0. The Morgan fingerprint density at radius 1 is 0.848 bits per heavy atom. The molecule has 190 valence electrons. The van der Waals surface area contributed by atoms with Gasteiger partial charge in [0.05, 0.1) is 0 Å². The summed E-state index contributed by atoms with van der Waals surface area (Å²) in [4.78, 5) is 12.2. The van der Waals surface area contributed by atoms with Gasteiger partial charge < -0.3 is 4.74 Å².